The number of benzene rings is 2. The van der Waals surface area contributed by atoms with E-state index in [-0.39, 0.29) is 11.6 Å². The molecule has 1 N–H and O–H groups in total. The van der Waals surface area contributed by atoms with Crippen molar-refractivity contribution in [2.75, 3.05) is 34.5 Å². The highest BCUT2D eigenvalue weighted by molar-refractivity contribution is 5.80. The summed E-state index contributed by atoms with van der Waals surface area (Å²) in [5.41, 5.74) is 4.90. The van der Waals surface area contributed by atoms with Crippen LogP contribution in [-0.4, -0.2) is 64.6 Å². The quantitative estimate of drug-likeness (QED) is 0.274. The summed E-state index contributed by atoms with van der Waals surface area (Å²) in [4.78, 5) is 18.6. The number of ether oxygens (including phenoxy) is 3. The van der Waals surface area contributed by atoms with Crippen molar-refractivity contribution in [3.8, 4) is 11.5 Å². The fourth-order valence-electron chi connectivity index (χ4n) is 4.90. The summed E-state index contributed by atoms with van der Waals surface area (Å²) in [6, 6.07) is 12.0. The Morgan fingerprint density at radius 2 is 1.79 bits per heavy atom. The van der Waals surface area contributed by atoms with Gasteiger partial charge in [-0.25, -0.2) is 4.68 Å². The zero-order valence-corrected chi connectivity index (χ0v) is 23.7. The molecule has 1 unspecified atom stereocenters. The van der Waals surface area contributed by atoms with Crippen LogP contribution in [0, 0.1) is 13.8 Å². The highest BCUT2D eigenvalue weighted by Gasteiger charge is 2.26. The molecule has 0 fully saturated rings. The highest BCUT2D eigenvalue weighted by Crippen LogP contribution is 2.29. The van der Waals surface area contributed by atoms with Gasteiger partial charge in [0.1, 0.15) is 0 Å². The van der Waals surface area contributed by atoms with Gasteiger partial charge in [-0.1, -0.05) is 13.0 Å². The molecular weight excluding hydrogens is 496 g/mol. The van der Waals surface area contributed by atoms with Gasteiger partial charge in [0, 0.05) is 31.3 Å². The maximum absolute atomic E-state index is 13.2. The van der Waals surface area contributed by atoms with Gasteiger partial charge in [0.25, 0.3) is 5.56 Å². The summed E-state index contributed by atoms with van der Waals surface area (Å²) in [6.45, 7) is 8.42. The van der Waals surface area contributed by atoms with Gasteiger partial charge >= 0.3 is 0 Å². The van der Waals surface area contributed by atoms with Gasteiger partial charge < -0.3 is 19.2 Å². The lowest BCUT2D eigenvalue weighted by Gasteiger charge is -2.30. The molecule has 39 heavy (non-hydrogen) atoms. The Kier molecular flexibility index (Phi) is 9.32. The molecular formula is C29H38N6O4. The number of methoxy groups -OCH3 is 3. The Balaban J connectivity index is 1.69. The van der Waals surface area contributed by atoms with E-state index < -0.39 is 0 Å². The van der Waals surface area contributed by atoms with Gasteiger partial charge in [0.15, 0.2) is 17.3 Å². The van der Waals surface area contributed by atoms with Crippen LogP contribution in [0.2, 0.25) is 0 Å². The van der Waals surface area contributed by atoms with Crippen molar-refractivity contribution < 1.29 is 14.2 Å². The molecule has 0 radical (unpaired) electrons. The summed E-state index contributed by atoms with van der Waals surface area (Å²) >= 11 is 0. The predicted octanol–water partition coefficient (Wildman–Crippen LogP) is 3.99. The Labute approximate surface area is 228 Å². The maximum Gasteiger partial charge on any atom is 0.252 e. The number of rotatable bonds is 13. The van der Waals surface area contributed by atoms with Gasteiger partial charge in [-0.3, -0.25) is 9.69 Å². The fraction of sp³-hybridized carbons (Fsp3) is 0.448. The minimum atomic E-state index is -0.105. The third-order valence-corrected chi connectivity index (χ3v) is 7.24. The van der Waals surface area contributed by atoms with E-state index in [0.29, 0.717) is 43.3 Å². The monoisotopic (exact) mass is 534 g/mol. The number of aryl methyl sites for hydroxylation is 2. The second-order valence-electron chi connectivity index (χ2n) is 9.73. The molecule has 2 heterocycles. The number of aromatic nitrogens is 5. The average Bonchev–Trinajstić information content (AvgIpc) is 3.40. The zero-order valence-electron chi connectivity index (χ0n) is 23.7. The van der Waals surface area contributed by atoms with E-state index in [1.54, 1.807) is 26.0 Å². The fourth-order valence-corrected chi connectivity index (χ4v) is 4.90. The first-order valence-electron chi connectivity index (χ1n) is 13.2. The number of hydrogen-bond acceptors (Lipinski definition) is 8. The minimum absolute atomic E-state index is 0.0873. The molecule has 0 aliphatic heterocycles. The van der Waals surface area contributed by atoms with Crippen molar-refractivity contribution in [2.45, 2.75) is 52.7 Å². The lowest BCUT2D eigenvalue weighted by atomic mass is 10.0. The van der Waals surface area contributed by atoms with Crippen LogP contribution in [0.15, 0.2) is 41.2 Å². The lowest BCUT2D eigenvalue weighted by molar-refractivity contribution is 0.158. The summed E-state index contributed by atoms with van der Waals surface area (Å²) in [5.74, 6) is 2.13. The van der Waals surface area contributed by atoms with E-state index in [1.807, 2.05) is 30.3 Å². The maximum atomic E-state index is 13.2. The van der Waals surface area contributed by atoms with Gasteiger partial charge in [0.2, 0.25) is 0 Å². The molecule has 0 saturated carbocycles. The standard InChI is InChI=1S/C29H38N6O4/c1-7-25(28-31-32-33-35(28)12-13-37-4)34(11-10-21-8-9-26(38-5)27(16-21)39-6)18-23-17-22-14-19(2)20(3)15-24(22)30-29(23)36/h8-9,14-17,25H,7,10-13,18H2,1-6H3,(H,30,36). The molecule has 0 aliphatic carbocycles. The van der Waals surface area contributed by atoms with Crippen LogP contribution >= 0.6 is 0 Å². The first kappa shape index (κ1) is 28.3. The lowest BCUT2D eigenvalue weighted by Crippen LogP contribution is -2.34. The Hall–Kier alpha value is -3.76. The third kappa shape index (κ3) is 6.46. The second kappa shape index (κ2) is 12.9. The number of pyridine rings is 1. The Morgan fingerprint density at radius 1 is 1.03 bits per heavy atom. The number of hydrogen-bond donors (Lipinski definition) is 1. The molecule has 1 atom stereocenters. The number of tetrazole rings is 1. The molecule has 10 nitrogen and oxygen atoms in total. The summed E-state index contributed by atoms with van der Waals surface area (Å²) < 4.78 is 18.0. The van der Waals surface area contributed by atoms with E-state index in [9.17, 15) is 4.79 Å². The van der Waals surface area contributed by atoms with E-state index >= 15 is 0 Å². The number of H-pyrrole nitrogens is 1. The Morgan fingerprint density at radius 3 is 2.51 bits per heavy atom. The summed E-state index contributed by atoms with van der Waals surface area (Å²) in [7, 11) is 4.92. The molecule has 0 spiro atoms. The molecule has 208 valence electrons. The van der Waals surface area contributed by atoms with Crippen molar-refractivity contribution >= 4 is 10.9 Å². The van der Waals surface area contributed by atoms with Crippen LogP contribution in [-0.2, 0) is 24.2 Å². The molecule has 0 aliphatic rings. The van der Waals surface area contributed by atoms with Gasteiger partial charge in [-0.15, -0.1) is 5.10 Å². The van der Waals surface area contributed by atoms with Crippen molar-refractivity contribution in [3.05, 3.63) is 74.8 Å². The van der Waals surface area contributed by atoms with Crippen LogP contribution < -0.4 is 15.0 Å². The molecule has 4 aromatic rings. The normalized spacial score (nSPS) is 12.3. The van der Waals surface area contributed by atoms with Crippen LogP contribution in [0.25, 0.3) is 10.9 Å². The van der Waals surface area contributed by atoms with E-state index in [0.717, 1.165) is 40.7 Å². The zero-order chi connectivity index (χ0) is 27.9. The van der Waals surface area contributed by atoms with E-state index in [1.165, 1.54) is 5.56 Å². The summed E-state index contributed by atoms with van der Waals surface area (Å²) in [5, 5.41) is 13.6. The van der Waals surface area contributed by atoms with Crippen molar-refractivity contribution in [2.24, 2.45) is 0 Å². The van der Waals surface area contributed by atoms with Crippen molar-refractivity contribution in [1.82, 2.24) is 30.1 Å². The average molecular weight is 535 g/mol. The summed E-state index contributed by atoms with van der Waals surface area (Å²) in [6.07, 6.45) is 1.50. The Bertz CT molecular complexity index is 1460. The van der Waals surface area contributed by atoms with E-state index in [2.05, 4.69) is 52.2 Å². The largest absolute Gasteiger partial charge is 0.493 e. The molecule has 0 amide bonds. The van der Waals surface area contributed by atoms with Crippen LogP contribution in [0.4, 0.5) is 0 Å². The number of nitrogens with one attached hydrogen (secondary N) is 1. The number of aromatic amines is 1. The molecule has 0 bridgehead atoms. The second-order valence-corrected chi connectivity index (χ2v) is 9.73. The SMILES string of the molecule is CCC(c1nnnn1CCOC)N(CCc1ccc(OC)c(OC)c1)Cc1cc2cc(C)c(C)cc2[nH]c1=O. The smallest absolute Gasteiger partial charge is 0.252 e. The molecule has 0 saturated heterocycles. The number of nitrogens with zero attached hydrogens (tertiary/aromatic N) is 5. The third-order valence-electron chi connectivity index (χ3n) is 7.24. The van der Waals surface area contributed by atoms with Crippen LogP contribution in [0.5, 0.6) is 11.5 Å². The molecule has 4 rings (SSSR count). The van der Waals surface area contributed by atoms with Gasteiger partial charge in [-0.2, -0.15) is 0 Å². The van der Waals surface area contributed by atoms with Gasteiger partial charge in [-0.05, 0) is 89.5 Å². The molecule has 2 aromatic heterocycles. The van der Waals surface area contributed by atoms with Gasteiger partial charge in [0.05, 0.1) is 33.4 Å². The van der Waals surface area contributed by atoms with Crippen LogP contribution in [0.3, 0.4) is 0 Å². The first-order valence-corrected chi connectivity index (χ1v) is 13.2. The number of fused-ring (bicyclic) bond motifs is 1. The van der Waals surface area contributed by atoms with Crippen molar-refractivity contribution in [1.29, 1.82) is 0 Å². The van der Waals surface area contributed by atoms with Crippen LogP contribution in [0.1, 0.15) is 47.5 Å². The highest BCUT2D eigenvalue weighted by atomic mass is 16.5. The minimum Gasteiger partial charge on any atom is -0.493 e. The molecule has 2 aromatic carbocycles. The predicted molar refractivity (Wildman–Crippen MR) is 150 cm³/mol. The topological polar surface area (TPSA) is 107 Å². The van der Waals surface area contributed by atoms with E-state index in [4.69, 9.17) is 14.2 Å². The first-order chi connectivity index (χ1) is 18.9. The molecule has 10 heteroatoms. The van der Waals surface area contributed by atoms with Crippen molar-refractivity contribution in [3.63, 3.8) is 0 Å².